The molecule has 1 aromatic carbocycles. The average molecular weight is 569 g/mol. The quantitative estimate of drug-likeness (QED) is 0.521. The van der Waals surface area contributed by atoms with Crippen LogP contribution in [0.4, 0.5) is 9.59 Å². The Morgan fingerprint density at radius 2 is 1.73 bits per heavy atom. The van der Waals surface area contributed by atoms with Crippen LogP contribution in [-0.2, 0) is 25.7 Å². The van der Waals surface area contributed by atoms with Crippen LogP contribution in [0.1, 0.15) is 71.8 Å². The molecular formula is C31H44N4O6. The molecule has 41 heavy (non-hydrogen) atoms. The molecule has 0 spiro atoms. The molecule has 10 heteroatoms. The number of nitrogens with one attached hydrogen (secondary N) is 1. The van der Waals surface area contributed by atoms with E-state index < -0.39 is 35.8 Å². The summed E-state index contributed by atoms with van der Waals surface area (Å²) in [5, 5.41) is 3.01. The van der Waals surface area contributed by atoms with Crippen LogP contribution in [0.5, 0.6) is 0 Å². The van der Waals surface area contributed by atoms with E-state index in [9.17, 15) is 19.2 Å². The third-order valence-electron chi connectivity index (χ3n) is 8.19. The first kappa shape index (κ1) is 30.4. The van der Waals surface area contributed by atoms with E-state index in [1.807, 2.05) is 36.4 Å². The summed E-state index contributed by atoms with van der Waals surface area (Å²) >= 11 is 0. The summed E-state index contributed by atoms with van der Waals surface area (Å²) in [6, 6.07) is 7.75. The van der Waals surface area contributed by atoms with Crippen molar-refractivity contribution in [2.75, 3.05) is 20.1 Å². The van der Waals surface area contributed by atoms with Crippen LogP contribution in [0.3, 0.4) is 0 Å². The Balaban J connectivity index is 1.41. The van der Waals surface area contributed by atoms with Gasteiger partial charge < -0.3 is 19.7 Å². The van der Waals surface area contributed by atoms with Crippen LogP contribution < -0.4 is 5.32 Å². The molecule has 0 bridgehead atoms. The number of ether oxygens (including phenoxy) is 2. The van der Waals surface area contributed by atoms with Gasteiger partial charge in [0.05, 0.1) is 6.04 Å². The van der Waals surface area contributed by atoms with Crippen molar-refractivity contribution in [2.45, 2.75) is 96.6 Å². The minimum atomic E-state index is -0.822. The van der Waals surface area contributed by atoms with Gasteiger partial charge in [-0.2, -0.15) is 0 Å². The molecule has 2 heterocycles. The number of likely N-dealkylation sites (N-methyl/N-ethyl adjacent to an activating group) is 1. The lowest BCUT2D eigenvalue weighted by molar-refractivity contribution is -0.139. The van der Waals surface area contributed by atoms with Gasteiger partial charge in [0.15, 0.2) is 0 Å². The number of carbonyl (C=O) groups is 4. The van der Waals surface area contributed by atoms with Gasteiger partial charge in [0.25, 0.3) is 0 Å². The Hall–Kier alpha value is -3.56. The molecule has 1 saturated carbocycles. The van der Waals surface area contributed by atoms with Crippen molar-refractivity contribution in [1.29, 1.82) is 0 Å². The predicted molar refractivity (Wildman–Crippen MR) is 153 cm³/mol. The van der Waals surface area contributed by atoms with E-state index >= 15 is 0 Å². The van der Waals surface area contributed by atoms with Crippen LogP contribution in [0.15, 0.2) is 42.1 Å². The van der Waals surface area contributed by atoms with E-state index in [1.54, 1.807) is 37.5 Å². The lowest BCUT2D eigenvalue weighted by Gasteiger charge is -2.36. The molecule has 4 rings (SSSR count). The number of rotatable bonds is 7. The molecule has 1 saturated heterocycles. The third kappa shape index (κ3) is 7.40. The molecule has 1 N–H and O–H groups in total. The second-order valence-electron chi connectivity index (χ2n) is 12.3. The van der Waals surface area contributed by atoms with Crippen molar-refractivity contribution in [2.24, 2.45) is 5.92 Å². The Bertz CT molecular complexity index is 1140. The third-order valence-corrected chi connectivity index (χ3v) is 8.19. The van der Waals surface area contributed by atoms with Crippen LogP contribution >= 0.6 is 0 Å². The molecule has 0 aromatic heterocycles. The second-order valence-corrected chi connectivity index (χ2v) is 12.3. The minimum absolute atomic E-state index is 0.0108. The van der Waals surface area contributed by atoms with Crippen LogP contribution in [0, 0.1) is 5.92 Å². The van der Waals surface area contributed by atoms with E-state index in [2.05, 4.69) is 5.32 Å². The van der Waals surface area contributed by atoms with E-state index in [1.165, 1.54) is 11.9 Å². The molecule has 2 aliphatic heterocycles. The van der Waals surface area contributed by atoms with Gasteiger partial charge in [0.1, 0.15) is 24.3 Å². The normalized spacial score (nSPS) is 20.5. The number of amides is 4. The second kappa shape index (κ2) is 13.0. The first-order chi connectivity index (χ1) is 19.5. The fraction of sp³-hybridized carbons (Fsp3) is 0.613. The SMILES string of the molecule is CC(C(=O)NC(C(=O)N1CC=C2C1CCN2C(=O)OCc1ccccc1)C1CCCCC1)N(C)C(=O)OC(C)(C)C. The summed E-state index contributed by atoms with van der Waals surface area (Å²) in [5.74, 6) is -0.531. The maximum Gasteiger partial charge on any atom is 0.414 e. The summed E-state index contributed by atoms with van der Waals surface area (Å²) in [6.07, 6.45) is 6.33. The molecule has 1 aromatic rings. The number of benzene rings is 1. The summed E-state index contributed by atoms with van der Waals surface area (Å²) in [4.78, 5) is 57.6. The summed E-state index contributed by atoms with van der Waals surface area (Å²) in [6.45, 7) is 7.96. The Morgan fingerprint density at radius 3 is 2.39 bits per heavy atom. The molecule has 1 aliphatic carbocycles. The molecule has 4 amide bonds. The summed E-state index contributed by atoms with van der Waals surface area (Å²) in [7, 11) is 1.52. The molecule has 3 aliphatic rings. The minimum Gasteiger partial charge on any atom is -0.444 e. The smallest absolute Gasteiger partial charge is 0.414 e. The Kier molecular flexibility index (Phi) is 9.60. The van der Waals surface area contributed by atoms with E-state index in [-0.39, 0.29) is 24.5 Å². The number of carbonyl (C=O) groups excluding carboxylic acids is 4. The summed E-state index contributed by atoms with van der Waals surface area (Å²) in [5.41, 5.74) is 1.00. The number of nitrogens with zero attached hydrogens (tertiary/aromatic N) is 3. The highest BCUT2D eigenvalue weighted by molar-refractivity contribution is 5.92. The van der Waals surface area contributed by atoms with Gasteiger partial charge in [-0.1, -0.05) is 49.6 Å². The van der Waals surface area contributed by atoms with E-state index in [0.717, 1.165) is 43.4 Å². The van der Waals surface area contributed by atoms with Gasteiger partial charge in [-0.05, 0) is 64.5 Å². The molecule has 224 valence electrons. The zero-order chi connectivity index (χ0) is 29.7. The topological polar surface area (TPSA) is 108 Å². The molecule has 10 nitrogen and oxygen atoms in total. The fourth-order valence-corrected chi connectivity index (χ4v) is 5.80. The Morgan fingerprint density at radius 1 is 1.05 bits per heavy atom. The Labute approximate surface area is 243 Å². The van der Waals surface area contributed by atoms with Crippen molar-refractivity contribution in [3.05, 3.63) is 47.7 Å². The van der Waals surface area contributed by atoms with Crippen molar-refractivity contribution in [1.82, 2.24) is 20.0 Å². The molecular weight excluding hydrogens is 524 g/mol. The highest BCUT2D eigenvalue weighted by Crippen LogP contribution is 2.34. The highest BCUT2D eigenvalue weighted by Gasteiger charge is 2.45. The van der Waals surface area contributed by atoms with Crippen LogP contribution in [0.2, 0.25) is 0 Å². The predicted octanol–water partition coefficient (Wildman–Crippen LogP) is 4.44. The molecule has 3 unspecified atom stereocenters. The summed E-state index contributed by atoms with van der Waals surface area (Å²) < 4.78 is 11.0. The zero-order valence-corrected chi connectivity index (χ0v) is 24.9. The van der Waals surface area contributed by atoms with Gasteiger partial charge in [-0.3, -0.25) is 19.4 Å². The highest BCUT2D eigenvalue weighted by atomic mass is 16.6. The van der Waals surface area contributed by atoms with Gasteiger partial charge >= 0.3 is 12.2 Å². The van der Waals surface area contributed by atoms with Gasteiger partial charge in [0.2, 0.25) is 11.8 Å². The lowest BCUT2D eigenvalue weighted by atomic mass is 9.83. The number of hydrogen-bond donors (Lipinski definition) is 1. The van der Waals surface area contributed by atoms with E-state index in [4.69, 9.17) is 9.47 Å². The van der Waals surface area contributed by atoms with Crippen molar-refractivity contribution >= 4 is 24.0 Å². The van der Waals surface area contributed by atoms with Gasteiger partial charge in [-0.15, -0.1) is 0 Å². The molecule has 3 atom stereocenters. The monoisotopic (exact) mass is 568 g/mol. The van der Waals surface area contributed by atoms with Crippen LogP contribution in [-0.4, -0.2) is 82.6 Å². The van der Waals surface area contributed by atoms with E-state index in [0.29, 0.717) is 19.5 Å². The van der Waals surface area contributed by atoms with Gasteiger partial charge in [-0.25, -0.2) is 9.59 Å². The first-order valence-corrected chi connectivity index (χ1v) is 14.7. The maximum atomic E-state index is 14.1. The average Bonchev–Trinajstić information content (AvgIpc) is 3.56. The van der Waals surface area contributed by atoms with Gasteiger partial charge in [0, 0.05) is 25.8 Å². The molecule has 2 fully saturated rings. The number of hydrogen-bond acceptors (Lipinski definition) is 6. The standard InChI is InChI=1S/C31H44N4O6/c1-21(33(5)29(38)41-31(2,3)4)27(36)32-26(23-14-10-7-11-15-23)28(37)34-18-16-25-24(34)17-19-35(25)30(39)40-20-22-12-8-6-9-13-22/h6,8-9,12-13,16,21,23-24,26H,7,10-11,14-15,17-20H2,1-5H3,(H,32,36). The number of fused-ring (bicyclic) bond motifs is 1. The van der Waals surface area contributed by atoms with Crippen molar-refractivity contribution < 1.29 is 28.7 Å². The van der Waals surface area contributed by atoms with Crippen molar-refractivity contribution in [3.63, 3.8) is 0 Å². The maximum absolute atomic E-state index is 14.1. The van der Waals surface area contributed by atoms with Crippen molar-refractivity contribution in [3.8, 4) is 0 Å². The number of likely N-dealkylation sites (tertiary alicyclic amines) is 1. The zero-order valence-electron chi connectivity index (χ0n) is 24.9. The van der Waals surface area contributed by atoms with Crippen LogP contribution in [0.25, 0.3) is 0 Å². The largest absolute Gasteiger partial charge is 0.444 e. The molecule has 0 radical (unpaired) electrons. The lowest BCUT2D eigenvalue weighted by Crippen LogP contribution is -2.57. The fourth-order valence-electron chi connectivity index (χ4n) is 5.80. The first-order valence-electron chi connectivity index (χ1n) is 14.7.